The molecular weight excluding hydrogens is 217 g/mol. The number of thiocarbonyl (C=S) groups is 1. The van der Waals surface area contributed by atoms with Gasteiger partial charge in [-0.3, -0.25) is 0 Å². The van der Waals surface area contributed by atoms with Crippen molar-refractivity contribution in [2.75, 3.05) is 7.05 Å². The minimum absolute atomic E-state index is 0.264. The first-order chi connectivity index (χ1) is 6.63. The fourth-order valence-corrected chi connectivity index (χ4v) is 1.76. The average molecular weight is 227 g/mol. The van der Waals surface area contributed by atoms with E-state index in [9.17, 15) is 4.39 Å². The monoisotopic (exact) mass is 227 g/mol. The highest BCUT2D eigenvalue weighted by atomic mass is 32.2. The van der Waals surface area contributed by atoms with E-state index in [1.54, 1.807) is 19.2 Å². The molecule has 0 amide bonds. The van der Waals surface area contributed by atoms with Crippen LogP contribution in [0.4, 0.5) is 4.39 Å². The number of nitrogens with one attached hydrogen (secondary N) is 1. The smallest absolute Gasteiger partial charge is 0.138 e. The molecule has 0 heterocycles. The van der Waals surface area contributed by atoms with Gasteiger partial charge in [-0.1, -0.05) is 42.7 Å². The molecule has 0 unspecified atom stereocenters. The van der Waals surface area contributed by atoms with Crippen LogP contribution in [0.1, 0.15) is 5.56 Å². The summed E-state index contributed by atoms with van der Waals surface area (Å²) in [6.07, 6.45) is 0. The Hall–Kier alpha value is -0.870. The van der Waals surface area contributed by atoms with E-state index in [4.69, 9.17) is 12.2 Å². The Bertz CT molecular complexity index is 363. The van der Waals surface area contributed by atoms with Crippen molar-refractivity contribution in [2.45, 2.75) is 0 Å². The quantitative estimate of drug-likeness (QED) is 0.780. The van der Waals surface area contributed by atoms with Crippen LogP contribution < -0.4 is 5.32 Å². The molecule has 0 fully saturated rings. The molecule has 1 nitrogen and oxygen atoms in total. The summed E-state index contributed by atoms with van der Waals surface area (Å²) in [6, 6.07) is 6.29. The molecule has 0 aromatic heterocycles. The number of rotatable bonds is 2. The third-order valence-corrected chi connectivity index (χ3v) is 2.89. The lowest BCUT2D eigenvalue weighted by Crippen LogP contribution is -2.10. The summed E-state index contributed by atoms with van der Waals surface area (Å²) in [7, 11) is 1.74. The number of hydrogen-bond donors (Lipinski definition) is 1. The summed E-state index contributed by atoms with van der Waals surface area (Å²) < 4.78 is 13.5. The zero-order valence-corrected chi connectivity index (χ0v) is 9.34. The van der Waals surface area contributed by atoms with Gasteiger partial charge in [-0.05, 0) is 17.7 Å². The molecule has 0 aliphatic heterocycles. The van der Waals surface area contributed by atoms with Crippen LogP contribution in [-0.4, -0.2) is 11.4 Å². The molecule has 0 spiro atoms. The van der Waals surface area contributed by atoms with Crippen molar-refractivity contribution in [1.82, 2.24) is 5.32 Å². The molecule has 1 aromatic carbocycles. The van der Waals surface area contributed by atoms with Crippen molar-refractivity contribution < 1.29 is 4.39 Å². The molecule has 0 saturated heterocycles. The number of halogens is 1. The van der Waals surface area contributed by atoms with E-state index < -0.39 is 0 Å². The second kappa shape index (κ2) is 5.12. The minimum atomic E-state index is -0.264. The van der Waals surface area contributed by atoms with Gasteiger partial charge in [0.05, 0.1) is 0 Å². The van der Waals surface area contributed by atoms with Crippen LogP contribution in [0.15, 0.2) is 30.8 Å². The first kappa shape index (κ1) is 11.2. The summed E-state index contributed by atoms with van der Waals surface area (Å²) in [5, 5.41) is 2.82. The van der Waals surface area contributed by atoms with E-state index in [0.29, 0.717) is 4.32 Å². The first-order valence-corrected chi connectivity index (χ1v) is 5.20. The molecule has 4 heteroatoms. The van der Waals surface area contributed by atoms with Gasteiger partial charge in [0.15, 0.2) is 0 Å². The summed E-state index contributed by atoms with van der Waals surface area (Å²) in [4.78, 5) is 0.740. The molecule has 0 atom stereocenters. The highest BCUT2D eigenvalue weighted by molar-refractivity contribution is 8.29. The van der Waals surface area contributed by atoms with Gasteiger partial charge in [0.1, 0.15) is 10.1 Å². The number of benzene rings is 1. The average Bonchev–Trinajstić information content (AvgIpc) is 2.17. The molecule has 0 bridgehead atoms. The largest absolute Gasteiger partial charge is 0.374 e. The SMILES string of the molecule is C=C(SC(=S)NC)c1cccc(F)c1. The van der Waals surface area contributed by atoms with Gasteiger partial charge in [-0.2, -0.15) is 0 Å². The lowest BCUT2D eigenvalue weighted by molar-refractivity contribution is 0.627. The normalized spacial score (nSPS) is 9.57. The van der Waals surface area contributed by atoms with Crippen LogP contribution in [-0.2, 0) is 0 Å². The second-order valence-corrected chi connectivity index (χ2v) is 4.34. The Morgan fingerprint density at radius 2 is 2.29 bits per heavy atom. The number of thioether (sulfide) groups is 1. The standard InChI is InChI=1S/C10H10FNS2/c1-7(14-10(13)12-2)8-4-3-5-9(11)6-8/h3-6H,1H2,2H3,(H,12,13). The summed E-state index contributed by atoms with van der Waals surface area (Å²) in [5.74, 6) is -0.264. The predicted octanol–water partition coefficient (Wildman–Crippen LogP) is 3.03. The Morgan fingerprint density at radius 1 is 1.57 bits per heavy atom. The maximum atomic E-state index is 12.8. The number of hydrogen-bond acceptors (Lipinski definition) is 2. The van der Waals surface area contributed by atoms with E-state index in [1.807, 2.05) is 0 Å². The van der Waals surface area contributed by atoms with E-state index >= 15 is 0 Å². The van der Waals surface area contributed by atoms with Gasteiger partial charge >= 0.3 is 0 Å². The third kappa shape index (κ3) is 3.12. The Morgan fingerprint density at radius 3 is 2.86 bits per heavy atom. The molecule has 74 valence electrons. The maximum absolute atomic E-state index is 12.8. The molecule has 0 radical (unpaired) electrons. The van der Waals surface area contributed by atoms with Crippen LogP contribution in [0.2, 0.25) is 0 Å². The van der Waals surface area contributed by atoms with Crippen LogP contribution in [0, 0.1) is 5.82 Å². The lowest BCUT2D eigenvalue weighted by Gasteiger charge is -2.05. The van der Waals surface area contributed by atoms with Crippen molar-refractivity contribution in [3.05, 3.63) is 42.2 Å². The van der Waals surface area contributed by atoms with Crippen molar-refractivity contribution in [1.29, 1.82) is 0 Å². The van der Waals surface area contributed by atoms with Crippen molar-refractivity contribution in [2.24, 2.45) is 0 Å². The summed E-state index contributed by atoms with van der Waals surface area (Å²) in [6.45, 7) is 3.82. The summed E-state index contributed by atoms with van der Waals surface area (Å²) >= 11 is 6.28. The highest BCUT2D eigenvalue weighted by Crippen LogP contribution is 2.26. The van der Waals surface area contributed by atoms with Crippen molar-refractivity contribution in [3.8, 4) is 0 Å². The molecule has 1 N–H and O–H groups in total. The van der Waals surface area contributed by atoms with Crippen molar-refractivity contribution in [3.63, 3.8) is 0 Å². The molecule has 14 heavy (non-hydrogen) atoms. The minimum Gasteiger partial charge on any atom is -0.374 e. The van der Waals surface area contributed by atoms with Crippen LogP contribution >= 0.6 is 24.0 Å². The molecule has 0 aliphatic carbocycles. The zero-order chi connectivity index (χ0) is 10.6. The predicted molar refractivity (Wildman–Crippen MR) is 64.7 cm³/mol. The maximum Gasteiger partial charge on any atom is 0.138 e. The third-order valence-electron chi connectivity index (χ3n) is 1.57. The molecule has 1 aromatic rings. The van der Waals surface area contributed by atoms with Crippen LogP contribution in [0.25, 0.3) is 4.91 Å². The topological polar surface area (TPSA) is 12.0 Å². The van der Waals surface area contributed by atoms with Gasteiger partial charge in [-0.25, -0.2) is 4.39 Å². The van der Waals surface area contributed by atoms with Crippen LogP contribution in [0.5, 0.6) is 0 Å². The van der Waals surface area contributed by atoms with E-state index in [0.717, 1.165) is 10.5 Å². The summed E-state index contributed by atoms with van der Waals surface area (Å²) in [5.41, 5.74) is 0.757. The van der Waals surface area contributed by atoms with E-state index in [2.05, 4.69) is 11.9 Å². The zero-order valence-electron chi connectivity index (χ0n) is 7.71. The molecular formula is C10H10FNS2. The van der Waals surface area contributed by atoms with Crippen molar-refractivity contribution >= 4 is 33.2 Å². The Labute approximate surface area is 92.4 Å². The molecule has 0 aliphatic rings. The highest BCUT2D eigenvalue weighted by Gasteiger charge is 2.03. The molecule has 1 rings (SSSR count). The molecule has 0 saturated carbocycles. The van der Waals surface area contributed by atoms with Gasteiger partial charge in [-0.15, -0.1) is 0 Å². The van der Waals surface area contributed by atoms with Crippen LogP contribution in [0.3, 0.4) is 0 Å². The van der Waals surface area contributed by atoms with Gasteiger partial charge in [0.25, 0.3) is 0 Å². The van der Waals surface area contributed by atoms with Gasteiger partial charge in [0.2, 0.25) is 0 Å². The van der Waals surface area contributed by atoms with Gasteiger partial charge < -0.3 is 5.32 Å². The van der Waals surface area contributed by atoms with Gasteiger partial charge in [0, 0.05) is 12.0 Å². The lowest BCUT2D eigenvalue weighted by atomic mass is 10.2. The Balaban J connectivity index is 2.75. The fourth-order valence-electron chi connectivity index (χ4n) is 0.884. The Kier molecular flexibility index (Phi) is 4.10. The van der Waals surface area contributed by atoms with E-state index in [1.165, 1.54) is 23.9 Å². The fraction of sp³-hybridized carbons (Fsp3) is 0.100. The first-order valence-electron chi connectivity index (χ1n) is 3.98. The second-order valence-electron chi connectivity index (χ2n) is 2.57. The van der Waals surface area contributed by atoms with E-state index in [-0.39, 0.29) is 5.82 Å².